The number of anilines is 18. The van der Waals surface area contributed by atoms with E-state index in [2.05, 4.69) is 546 Å². The molecule has 28 rings (SSSR count). The van der Waals surface area contributed by atoms with Crippen LogP contribution in [0.2, 0.25) is 0 Å². The summed E-state index contributed by atoms with van der Waals surface area (Å²) >= 11 is 5.55. The van der Waals surface area contributed by atoms with E-state index in [0.717, 1.165) is 124 Å². The zero-order valence-corrected chi connectivity index (χ0v) is 81.6. The quantitative estimate of drug-likeness (QED) is 0.0798. The first-order valence-electron chi connectivity index (χ1n) is 49.0. The Bertz CT molecular complexity index is 9630. The van der Waals surface area contributed by atoms with Crippen molar-refractivity contribution in [1.82, 2.24) is 4.40 Å². The number of thiophene rings is 3. The first-order chi connectivity index (χ1) is 71.1. The molecule has 0 fully saturated rings. The molecule has 144 heavy (non-hydrogen) atoms. The molecule has 0 spiro atoms. The van der Waals surface area contributed by atoms with Gasteiger partial charge in [-0.05, 0) is 267 Å². The van der Waals surface area contributed by atoms with E-state index in [1.807, 2.05) is 40.1 Å². The van der Waals surface area contributed by atoms with Crippen LogP contribution in [-0.2, 0) is 0 Å². The second kappa shape index (κ2) is 35.5. The van der Waals surface area contributed by atoms with Gasteiger partial charge in [0.25, 0.3) is 0 Å². The van der Waals surface area contributed by atoms with Gasteiger partial charge in [-0.25, -0.2) is 0 Å². The van der Waals surface area contributed by atoms with Crippen molar-refractivity contribution < 1.29 is 4.42 Å². The van der Waals surface area contributed by atoms with Crippen LogP contribution in [0.5, 0.6) is 0 Å². The van der Waals surface area contributed by atoms with Crippen molar-refractivity contribution in [2.75, 3.05) is 29.4 Å². The third kappa shape index (κ3) is 15.1. The third-order valence-electron chi connectivity index (χ3n) is 28.4. The highest BCUT2D eigenvalue weighted by Crippen LogP contribution is 2.53. The SMILES string of the molecule is Cc1ccc(N(c2ccc(C)cc2)c2cccc(N(c3ccc4c(c3)sc3cc(N(c5ccc(C)cc5)c5cccc6c5oc5ccccc56)ccc34)c3cc4c5ccccc5n5c6ccccc6c(c3)c45)c2)cc1.c1ccc(-c2ccc(N(c3cccc(N(c4ccc5c(c4)sc4ccccc45)c4ccc5c(c4)sc4cc(N(c6ccccc6)c6ccccc6)ccc45)c3)c3ccc4ccccc4c3)cc2)cc1. The summed E-state index contributed by atoms with van der Waals surface area (Å²) in [4.78, 5) is 14.4. The Morgan fingerprint density at radius 2 is 0.486 bits per heavy atom. The van der Waals surface area contributed by atoms with Gasteiger partial charge in [0.2, 0.25) is 0 Å². The van der Waals surface area contributed by atoms with Crippen molar-refractivity contribution in [3.8, 4) is 11.1 Å². The zero-order chi connectivity index (χ0) is 95.6. The van der Waals surface area contributed by atoms with Crippen LogP contribution in [0.1, 0.15) is 16.7 Å². The number of benzene rings is 22. The maximum atomic E-state index is 6.68. The molecule has 0 aliphatic rings. The number of rotatable bonds is 19. The van der Waals surface area contributed by atoms with Crippen LogP contribution in [0.4, 0.5) is 102 Å². The van der Waals surface area contributed by atoms with Crippen LogP contribution < -0.4 is 29.4 Å². The van der Waals surface area contributed by atoms with Crippen molar-refractivity contribution in [3.63, 3.8) is 0 Å². The second-order valence-electron chi connectivity index (χ2n) is 37.4. The van der Waals surface area contributed by atoms with Crippen molar-refractivity contribution >= 4 is 268 Å². The number of aryl methyl sites for hydroxylation is 3. The number of fused-ring (bicyclic) bond motifs is 19. The molecule has 0 bridgehead atoms. The molecule has 0 N–H and O–H groups in total. The molecular formula is C133H91N7OS3. The fraction of sp³-hybridized carbons (Fsp3) is 0.0226. The van der Waals surface area contributed by atoms with Gasteiger partial charge in [-0.2, -0.15) is 0 Å². The van der Waals surface area contributed by atoms with E-state index in [1.54, 1.807) is 0 Å². The maximum Gasteiger partial charge on any atom is 0.159 e. The normalized spacial score (nSPS) is 11.7. The standard InChI is InChI=1S/C69H48N4OS.C64H43N3S2/c1-43-22-28-46(29-23-43)70(47-30-24-44(2)25-31-47)49-12-10-13-50(38-49)71(53-39-60-54-14-4-7-18-62(54)73-63-19-8-5-15-55(63)61(40-53)68(60)73)51-34-36-57-58-37-35-52(42-67(58)75-66(57)41-51)72(48-32-26-45(3)27-33-48)64-20-11-17-59-56-16-6-9-21-65(56)74-69(59)64;1-4-15-44(16-5-1)46-27-30-50(31-28-46)66(53-32-29-45-17-10-11-18-47(45)39-53)51-23-14-24-52(40-51)67(55-34-36-58-57-25-12-13-26-61(57)68-62(58)42-55)56-35-38-60-59-37-33-54(41-63(59)69-64(60)43-56)65(48-19-6-2-7-20-48)49-21-8-3-9-22-49/h4-42H,1-3H3;1-43H. The molecule has 0 aliphatic carbocycles. The van der Waals surface area contributed by atoms with Gasteiger partial charge in [0.05, 0.1) is 22.2 Å². The fourth-order valence-corrected chi connectivity index (χ4v) is 25.1. The molecular weight excluding hydrogens is 1810 g/mol. The lowest BCUT2D eigenvalue weighted by atomic mass is 10.0. The molecule has 0 amide bonds. The molecule has 6 aromatic heterocycles. The van der Waals surface area contributed by atoms with Gasteiger partial charge in [0.1, 0.15) is 5.58 Å². The number of hydrogen-bond acceptors (Lipinski definition) is 10. The Morgan fingerprint density at radius 3 is 0.972 bits per heavy atom. The Kier molecular flexibility index (Phi) is 21.0. The lowest BCUT2D eigenvalue weighted by Crippen LogP contribution is -2.13. The Balaban J connectivity index is 0.000000144. The smallest absolute Gasteiger partial charge is 0.159 e. The van der Waals surface area contributed by atoms with Crippen molar-refractivity contribution in [2.24, 2.45) is 0 Å². The molecule has 22 aromatic carbocycles. The van der Waals surface area contributed by atoms with Gasteiger partial charge >= 0.3 is 0 Å². The minimum atomic E-state index is 0.870. The molecule has 8 nitrogen and oxygen atoms in total. The Hall–Kier alpha value is -17.8. The van der Waals surface area contributed by atoms with Gasteiger partial charge < -0.3 is 38.2 Å². The summed E-state index contributed by atoms with van der Waals surface area (Å²) in [6.45, 7) is 6.43. The highest BCUT2D eigenvalue weighted by molar-refractivity contribution is 7.26. The van der Waals surface area contributed by atoms with E-state index in [4.69, 9.17) is 4.42 Å². The highest BCUT2D eigenvalue weighted by Gasteiger charge is 2.29. The molecule has 682 valence electrons. The summed E-state index contributed by atoms with van der Waals surface area (Å²) < 4.78 is 16.6. The molecule has 0 saturated carbocycles. The predicted octanol–water partition coefficient (Wildman–Crippen LogP) is 40.1. The maximum absolute atomic E-state index is 6.68. The monoisotopic (exact) mass is 1900 g/mol. The molecule has 0 atom stereocenters. The van der Waals surface area contributed by atoms with Crippen LogP contribution >= 0.6 is 34.0 Å². The second-order valence-corrected chi connectivity index (χ2v) is 40.6. The van der Waals surface area contributed by atoms with Crippen molar-refractivity contribution in [2.45, 2.75) is 20.8 Å². The van der Waals surface area contributed by atoms with Crippen molar-refractivity contribution in [3.05, 3.63) is 514 Å². The molecule has 0 saturated heterocycles. The molecule has 0 radical (unpaired) electrons. The molecule has 11 heteroatoms. The van der Waals surface area contributed by atoms with Crippen molar-refractivity contribution in [1.29, 1.82) is 0 Å². The highest BCUT2D eigenvalue weighted by atomic mass is 32.1. The average molecular weight is 1900 g/mol. The zero-order valence-electron chi connectivity index (χ0n) is 79.1. The molecule has 28 aromatic rings. The van der Waals surface area contributed by atoms with Crippen LogP contribution in [0.3, 0.4) is 0 Å². The van der Waals surface area contributed by atoms with Crippen LogP contribution in [0.15, 0.2) is 502 Å². The van der Waals surface area contributed by atoms with E-state index < -0.39 is 0 Å². The summed E-state index contributed by atoms with van der Waals surface area (Å²) in [7, 11) is 0. The first-order valence-corrected chi connectivity index (χ1v) is 51.4. The molecule has 6 heterocycles. The summed E-state index contributed by atoms with van der Waals surface area (Å²) in [5.74, 6) is 0. The van der Waals surface area contributed by atoms with Crippen LogP contribution in [0, 0.1) is 20.8 Å². The first kappa shape index (κ1) is 85.4. The summed E-state index contributed by atoms with van der Waals surface area (Å²) in [5.41, 5.74) is 31.1. The van der Waals surface area contributed by atoms with Crippen LogP contribution in [0.25, 0.3) is 142 Å². The lowest BCUT2D eigenvalue weighted by molar-refractivity contribution is 0.669. The van der Waals surface area contributed by atoms with E-state index in [1.165, 1.54) is 137 Å². The van der Waals surface area contributed by atoms with E-state index in [-0.39, 0.29) is 0 Å². The van der Waals surface area contributed by atoms with Crippen LogP contribution in [-0.4, -0.2) is 4.40 Å². The van der Waals surface area contributed by atoms with Gasteiger partial charge in [0, 0.05) is 190 Å². The number of furan rings is 1. The van der Waals surface area contributed by atoms with Gasteiger partial charge in [0.15, 0.2) is 5.58 Å². The van der Waals surface area contributed by atoms with Gasteiger partial charge in [-0.3, -0.25) is 0 Å². The molecule has 0 aliphatic heterocycles. The Labute approximate surface area is 845 Å². The lowest BCUT2D eigenvalue weighted by Gasteiger charge is -2.29. The number of nitrogens with zero attached hydrogens (tertiary/aromatic N) is 7. The average Bonchev–Trinajstić information content (AvgIpc) is 1.54. The summed E-state index contributed by atoms with van der Waals surface area (Å²) in [5, 5.41) is 17.2. The van der Waals surface area contributed by atoms with E-state index >= 15 is 0 Å². The number of hydrogen-bond donors (Lipinski definition) is 0. The minimum absolute atomic E-state index is 0.870. The summed E-state index contributed by atoms with van der Waals surface area (Å²) in [6.07, 6.45) is 0. The number of para-hydroxylation sites is 6. The number of aromatic nitrogens is 1. The topological polar surface area (TPSA) is 37.0 Å². The summed E-state index contributed by atoms with van der Waals surface area (Å²) in [6, 6.07) is 182. The largest absolute Gasteiger partial charge is 0.454 e. The Morgan fingerprint density at radius 1 is 0.181 bits per heavy atom. The fourth-order valence-electron chi connectivity index (χ4n) is 21.6. The van der Waals surface area contributed by atoms with E-state index in [9.17, 15) is 0 Å². The minimum Gasteiger partial charge on any atom is -0.454 e. The molecule has 0 unspecified atom stereocenters. The van der Waals surface area contributed by atoms with Gasteiger partial charge in [-0.1, -0.05) is 290 Å². The van der Waals surface area contributed by atoms with E-state index in [0.29, 0.717) is 0 Å². The van der Waals surface area contributed by atoms with Gasteiger partial charge in [-0.15, -0.1) is 34.0 Å². The predicted molar refractivity (Wildman–Crippen MR) is 619 cm³/mol. The third-order valence-corrected chi connectivity index (χ3v) is 31.8.